The van der Waals surface area contributed by atoms with Crippen LogP contribution in [0.2, 0.25) is 0 Å². The lowest BCUT2D eigenvalue weighted by Crippen LogP contribution is -2.46. The molecule has 1 unspecified atom stereocenters. The normalized spacial score (nSPS) is 42.9. The van der Waals surface area contributed by atoms with Crippen LogP contribution in [0.15, 0.2) is 35.5 Å². The summed E-state index contributed by atoms with van der Waals surface area (Å²) in [4.78, 5) is 0. The van der Waals surface area contributed by atoms with E-state index in [9.17, 15) is 5.11 Å². The summed E-state index contributed by atoms with van der Waals surface area (Å²) >= 11 is 0. The highest BCUT2D eigenvalue weighted by Crippen LogP contribution is 2.66. The molecule has 0 bridgehead atoms. The zero-order valence-electron chi connectivity index (χ0n) is 20.5. The molecule has 1 nitrogen and oxygen atoms in total. The first kappa shape index (κ1) is 22.4. The van der Waals surface area contributed by atoms with Gasteiger partial charge in [0.1, 0.15) is 0 Å². The Morgan fingerprint density at radius 2 is 1.80 bits per heavy atom. The molecular formula is C29H46O. The van der Waals surface area contributed by atoms with E-state index in [2.05, 4.69) is 65.8 Å². The van der Waals surface area contributed by atoms with E-state index < -0.39 is 0 Å². The fourth-order valence-electron chi connectivity index (χ4n) is 8.19. The van der Waals surface area contributed by atoms with Crippen molar-refractivity contribution in [2.45, 2.75) is 99.0 Å². The molecular weight excluding hydrogens is 364 g/mol. The van der Waals surface area contributed by atoms with Gasteiger partial charge in [0.2, 0.25) is 0 Å². The summed E-state index contributed by atoms with van der Waals surface area (Å²) in [5, 5.41) is 10.2. The van der Waals surface area contributed by atoms with Crippen molar-refractivity contribution in [3.63, 3.8) is 0 Å². The maximum absolute atomic E-state index is 10.2. The number of fused-ring (bicyclic) bond motifs is 5. The zero-order chi connectivity index (χ0) is 21.7. The Morgan fingerprint density at radius 1 is 1.03 bits per heavy atom. The molecule has 4 rings (SSSR count). The highest BCUT2D eigenvalue weighted by atomic mass is 16.3. The van der Waals surface area contributed by atoms with E-state index in [1.54, 1.807) is 0 Å². The van der Waals surface area contributed by atoms with Gasteiger partial charge in [-0.1, -0.05) is 77.0 Å². The van der Waals surface area contributed by atoms with Crippen molar-refractivity contribution in [1.29, 1.82) is 0 Å². The van der Waals surface area contributed by atoms with Crippen LogP contribution in [0.25, 0.3) is 0 Å². The minimum Gasteiger partial charge on any atom is -0.389 e. The molecule has 4 aliphatic carbocycles. The molecule has 4 aliphatic rings. The van der Waals surface area contributed by atoms with Crippen LogP contribution in [-0.2, 0) is 0 Å². The van der Waals surface area contributed by atoms with Gasteiger partial charge >= 0.3 is 0 Å². The van der Waals surface area contributed by atoms with Gasteiger partial charge in [-0.25, -0.2) is 0 Å². The van der Waals surface area contributed by atoms with Gasteiger partial charge in [-0.2, -0.15) is 0 Å². The van der Waals surface area contributed by atoms with Crippen LogP contribution in [0.3, 0.4) is 0 Å². The van der Waals surface area contributed by atoms with Crippen molar-refractivity contribution in [3.05, 3.63) is 35.5 Å². The average molecular weight is 411 g/mol. The average Bonchev–Trinajstić information content (AvgIpc) is 3.06. The molecule has 2 saturated carbocycles. The van der Waals surface area contributed by atoms with Gasteiger partial charge in [0.25, 0.3) is 0 Å². The fourth-order valence-corrected chi connectivity index (χ4v) is 8.19. The monoisotopic (exact) mass is 410 g/mol. The minimum absolute atomic E-state index is 0.210. The Hall–Kier alpha value is -0.820. The van der Waals surface area contributed by atoms with Gasteiger partial charge in [0, 0.05) is 0 Å². The van der Waals surface area contributed by atoms with E-state index in [1.807, 2.05) is 5.57 Å². The van der Waals surface area contributed by atoms with E-state index >= 15 is 0 Å². The largest absolute Gasteiger partial charge is 0.389 e. The van der Waals surface area contributed by atoms with Crippen molar-refractivity contribution in [2.75, 3.05) is 0 Å². The second-order valence-corrected chi connectivity index (χ2v) is 12.0. The number of allylic oxidation sites excluding steroid dienone is 5. The zero-order valence-corrected chi connectivity index (χ0v) is 20.5. The molecule has 0 radical (unpaired) electrons. The first-order chi connectivity index (χ1) is 14.2. The number of hydrogen-bond acceptors (Lipinski definition) is 1. The van der Waals surface area contributed by atoms with Crippen molar-refractivity contribution in [1.82, 2.24) is 0 Å². The third kappa shape index (κ3) is 3.58. The number of aliphatic hydroxyl groups excluding tert-OH is 1. The minimum atomic E-state index is -0.210. The van der Waals surface area contributed by atoms with E-state index in [-0.39, 0.29) is 6.10 Å². The van der Waals surface area contributed by atoms with Crippen LogP contribution in [0.5, 0.6) is 0 Å². The Balaban J connectivity index is 1.55. The van der Waals surface area contributed by atoms with Crippen molar-refractivity contribution >= 4 is 0 Å². The maximum Gasteiger partial charge on any atom is 0.0724 e. The van der Waals surface area contributed by atoms with Gasteiger partial charge in [0.05, 0.1) is 6.10 Å². The lowest BCUT2D eigenvalue weighted by atomic mass is 9.50. The number of hydrogen-bond donors (Lipinski definition) is 1. The Morgan fingerprint density at radius 3 is 2.50 bits per heavy atom. The van der Waals surface area contributed by atoms with Gasteiger partial charge in [-0.3, -0.25) is 0 Å². The molecule has 0 saturated heterocycles. The molecule has 0 aromatic carbocycles. The maximum atomic E-state index is 10.2. The molecule has 0 spiro atoms. The molecule has 1 heteroatoms. The SMILES string of the molecule is CC[C@H](C=C[C@@H](C)[C@H]1CC[C@H]2C3=CCC4=CC(O)CC[C@]4(C)[C@H]3CC[C@]12C)C(C)C. The lowest BCUT2D eigenvalue weighted by molar-refractivity contribution is 0.0498. The highest BCUT2D eigenvalue weighted by Gasteiger charge is 2.56. The second-order valence-electron chi connectivity index (χ2n) is 12.0. The molecule has 168 valence electrons. The van der Waals surface area contributed by atoms with E-state index in [4.69, 9.17) is 0 Å². The van der Waals surface area contributed by atoms with Gasteiger partial charge < -0.3 is 5.11 Å². The number of aliphatic hydroxyl groups is 1. The Bertz CT molecular complexity index is 727. The molecule has 8 atom stereocenters. The summed E-state index contributed by atoms with van der Waals surface area (Å²) in [7, 11) is 0. The topological polar surface area (TPSA) is 20.2 Å². The fraction of sp³-hybridized carbons (Fsp3) is 0.793. The van der Waals surface area contributed by atoms with Crippen LogP contribution in [0.4, 0.5) is 0 Å². The summed E-state index contributed by atoms with van der Waals surface area (Å²) in [5.74, 6) is 4.48. The van der Waals surface area contributed by atoms with Crippen molar-refractivity contribution < 1.29 is 5.11 Å². The van der Waals surface area contributed by atoms with Gasteiger partial charge in [-0.15, -0.1) is 0 Å². The van der Waals surface area contributed by atoms with Crippen molar-refractivity contribution in [2.24, 2.45) is 46.3 Å². The van der Waals surface area contributed by atoms with Crippen LogP contribution >= 0.6 is 0 Å². The standard InChI is InChI=1S/C29H46O/c1-7-21(19(2)3)9-8-20(4)25-12-13-26-24-11-10-22-18-23(30)14-16-28(22,5)27(24)15-17-29(25,26)6/h8-9,11,18-21,23,25-27,30H,7,10,12-17H2,1-6H3/t20-,21-,23?,25-,26+,27+,28+,29-/m1/s1. The van der Waals surface area contributed by atoms with Gasteiger partial charge in [0.15, 0.2) is 0 Å². The molecule has 0 aromatic rings. The molecule has 0 aliphatic heterocycles. The Kier molecular flexibility index (Phi) is 6.17. The molecule has 1 N–H and O–H groups in total. The third-order valence-corrected chi connectivity index (χ3v) is 10.2. The van der Waals surface area contributed by atoms with Crippen LogP contribution in [0.1, 0.15) is 92.9 Å². The van der Waals surface area contributed by atoms with Gasteiger partial charge in [-0.05, 0) is 97.7 Å². The number of rotatable bonds is 5. The van der Waals surface area contributed by atoms with Crippen LogP contribution < -0.4 is 0 Å². The summed E-state index contributed by atoms with van der Waals surface area (Å²) in [6, 6.07) is 0. The lowest BCUT2D eigenvalue weighted by Gasteiger charge is -2.55. The van der Waals surface area contributed by atoms with Crippen molar-refractivity contribution in [3.8, 4) is 0 Å². The second kappa shape index (κ2) is 8.27. The molecule has 30 heavy (non-hydrogen) atoms. The molecule has 0 aromatic heterocycles. The van der Waals surface area contributed by atoms with Crippen LogP contribution in [-0.4, -0.2) is 11.2 Å². The first-order valence-corrected chi connectivity index (χ1v) is 13.0. The molecule has 0 heterocycles. The van der Waals surface area contributed by atoms with E-state index in [0.29, 0.717) is 16.7 Å². The van der Waals surface area contributed by atoms with Crippen LogP contribution in [0, 0.1) is 46.3 Å². The highest BCUT2D eigenvalue weighted by molar-refractivity contribution is 5.36. The van der Waals surface area contributed by atoms with E-state index in [1.165, 1.54) is 44.1 Å². The molecule has 0 amide bonds. The predicted molar refractivity (Wildman–Crippen MR) is 128 cm³/mol. The predicted octanol–water partition coefficient (Wildman–Crippen LogP) is 7.72. The van der Waals surface area contributed by atoms with E-state index in [0.717, 1.165) is 42.4 Å². The first-order valence-electron chi connectivity index (χ1n) is 13.0. The summed E-state index contributed by atoms with van der Waals surface area (Å²) in [5.41, 5.74) is 4.12. The smallest absolute Gasteiger partial charge is 0.0724 e. The molecule has 2 fully saturated rings. The third-order valence-electron chi connectivity index (χ3n) is 10.2. The summed E-state index contributed by atoms with van der Waals surface area (Å²) < 4.78 is 0. The Labute approximate surface area is 186 Å². The quantitative estimate of drug-likeness (QED) is 0.460. The summed E-state index contributed by atoms with van der Waals surface area (Å²) in [6.45, 7) is 14.7. The summed E-state index contributed by atoms with van der Waals surface area (Å²) in [6.07, 6.45) is 19.7.